The van der Waals surface area contributed by atoms with Gasteiger partial charge in [-0.3, -0.25) is 9.59 Å². The number of aryl methyl sites for hydroxylation is 2. The van der Waals surface area contributed by atoms with Crippen LogP contribution in [0.4, 0.5) is 5.69 Å². The third-order valence-electron chi connectivity index (χ3n) is 5.60. The maximum atomic E-state index is 12.8. The molecule has 1 saturated heterocycles. The largest absolute Gasteiger partial charge is 0.322 e. The molecule has 0 bridgehead atoms. The van der Waals surface area contributed by atoms with Crippen LogP contribution < -0.4 is 5.32 Å². The minimum Gasteiger partial charge on any atom is -0.322 e. The summed E-state index contributed by atoms with van der Waals surface area (Å²) in [6.07, 6.45) is 0.862. The molecule has 1 aliphatic heterocycles. The van der Waals surface area contributed by atoms with Crippen LogP contribution in [-0.2, 0) is 17.8 Å². The van der Waals surface area contributed by atoms with E-state index in [0.29, 0.717) is 17.9 Å². The Hall–Kier alpha value is -3.05. The summed E-state index contributed by atoms with van der Waals surface area (Å²) in [7, 11) is 0. The molecule has 1 heterocycles. The van der Waals surface area contributed by atoms with Crippen molar-refractivity contribution in [3.63, 3.8) is 0 Å². The van der Waals surface area contributed by atoms with E-state index in [1.807, 2.05) is 84.6 Å². The monoisotopic (exact) mass is 430 g/mol. The molecule has 0 aliphatic carbocycles. The van der Waals surface area contributed by atoms with Crippen molar-refractivity contribution in [1.29, 1.82) is 0 Å². The third kappa shape index (κ3) is 4.67. The first-order valence-corrected chi connectivity index (χ1v) is 11.6. The number of nitrogens with zero attached hydrogens (tertiary/aromatic N) is 1. The lowest BCUT2D eigenvalue weighted by Gasteiger charge is -2.24. The van der Waals surface area contributed by atoms with Gasteiger partial charge in [-0.25, -0.2) is 0 Å². The highest BCUT2D eigenvalue weighted by atomic mass is 32.2. The molecular weight excluding hydrogens is 404 g/mol. The molecule has 3 aromatic rings. The molecule has 31 heavy (non-hydrogen) atoms. The molecule has 1 atom stereocenters. The number of para-hydroxylation sites is 1. The topological polar surface area (TPSA) is 49.4 Å². The number of rotatable bonds is 6. The molecule has 1 aliphatic rings. The van der Waals surface area contributed by atoms with E-state index in [1.165, 1.54) is 0 Å². The summed E-state index contributed by atoms with van der Waals surface area (Å²) in [5.41, 5.74) is 5.84. The molecular formula is C26H26N2O2S. The zero-order valence-electron chi connectivity index (χ0n) is 17.8. The lowest BCUT2D eigenvalue weighted by Crippen LogP contribution is -2.27. The van der Waals surface area contributed by atoms with E-state index in [4.69, 9.17) is 0 Å². The lowest BCUT2D eigenvalue weighted by atomic mass is 10.0. The van der Waals surface area contributed by atoms with Gasteiger partial charge in [0, 0.05) is 17.8 Å². The number of hydrogen-bond acceptors (Lipinski definition) is 3. The Kier molecular flexibility index (Phi) is 6.42. The van der Waals surface area contributed by atoms with E-state index >= 15 is 0 Å². The van der Waals surface area contributed by atoms with E-state index in [1.54, 1.807) is 11.8 Å². The maximum Gasteiger partial charge on any atom is 0.255 e. The average Bonchev–Trinajstić information content (AvgIpc) is 3.16. The molecule has 0 radical (unpaired) electrons. The summed E-state index contributed by atoms with van der Waals surface area (Å²) in [5.74, 6) is 0.506. The quantitative estimate of drug-likeness (QED) is 0.555. The summed E-state index contributed by atoms with van der Waals surface area (Å²) in [5, 5.41) is 3.04. The van der Waals surface area contributed by atoms with E-state index in [-0.39, 0.29) is 17.2 Å². The normalized spacial score (nSPS) is 15.9. The van der Waals surface area contributed by atoms with Crippen LogP contribution in [0.15, 0.2) is 72.8 Å². The fourth-order valence-corrected chi connectivity index (χ4v) is 5.06. The minimum absolute atomic E-state index is 0.0344. The van der Waals surface area contributed by atoms with Gasteiger partial charge in [0.15, 0.2) is 0 Å². The number of amides is 2. The van der Waals surface area contributed by atoms with Crippen molar-refractivity contribution >= 4 is 29.3 Å². The Labute approximate surface area is 187 Å². The van der Waals surface area contributed by atoms with Crippen LogP contribution in [0.25, 0.3) is 0 Å². The highest BCUT2D eigenvalue weighted by Crippen LogP contribution is 2.39. The molecule has 158 valence electrons. The van der Waals surface area contributed by atoms with Crippen LogP contribution in [0.2, 0.25) is 0 Å². The van der Waals surface area contributed by atoms with Gasteiger partial charge in [-0.05, 0) is 47.7 Å². The number of carbonyl (C=O) groups is 2. The first-order valence-electron chi connectivity index (χ1n) is 10.5. The van der Waals surface area contributed by atoms with Crippen molar-refractivity contribution in [2.75, 3.05) is 11.1 Å². The minimum atomic E-state index is -0.119. The van der Waals surface area contributed by atoms with Gasteiger partial charge in [-0.2, -0.15) is 0 Å². The zero-order valence-corrected chi connectivity index (χ0v) is 18.6. The smallest absolute Gasteiger partial charge is 0.255 e. The Morgan fingerprint density at radius 3 is 2.48 bits per heavy atom. The van der Waals surface area contributed by atoms with Crippen molar-refractivity contribution in [3.8, 4) is 0 Å². The maximum absolute atomic E-state index is 12.8. The number of nitrogens with one attached hydrogen (secondary N) is 1. The van der Waals surface area contributed by atoms with Crippen LogP contribution in [0.3, 0.4) is 0 Å². The Morgan fingerprint density at radius 1 is 1.03 bits per heavy atom. The summed E-state index contributed by atoms with van der Waals surface area (Å²) in [6.45, 7) is 4.68. The Bertz CT molecular complexity index is 1080. The number of hydrogen-bond donors (Lipinski definition) is 1. The molecule has 1 N–H and O–H groups in total. The van der Waals surface area contributed by atoms with Crippen LogP contribution in [-0.4, -0.2) is 22.5 Å². The molecule has 4 rings (SSSR count). The van der Waals surface area contributed by atoms with Crippen LogP contribution in [0.5, 0.6) is 0 Å². The highest BCUT2D eigenvalue weighted by Gasteiger charge is 2.32. The van der Waals surface area contributed by atoms with Crippen LogP contribution in [0.1, 0.15) is 44.9 Å². The molecule has 0 aromatic heterocycles. The van der Waals surface area contributed by atoms with Gasteiger partial charge in [0.05, 0.1) is 5.75 Å². The van der Waals surface area contributed by atoms with Gasteiger partial charge in [0.2, 0.25) is 5.91 Å². The number of benzene rings is 3. The number of thioether (sulfide) groups is 1. The third-order valence-corrected chi connectivity index (χ3v) is 6.86. The molecule has 0 saturated carbocycles. The van der Waals surface area contributed by atoms with E-state index < -0.39 is 0 Å². The molecule has 2 amide bonds. The number of anilines is 1. The first kappa shape index (κ1) is 21.2. The molecule has 3 aromatic carbocycles. The standard InChI is InChI=1S/C26H26N2O2S/c1-3-20-11-7-8-18(2)24(20)27-25(30)21-12-14-22(15-13-21)26-28(23(29)17-31-26)16-19-9-5-4-6-10-19/h4-15,26H,3,16-17H2,1-2H3,(H,27,30)/t26-/m1/s1. The van der Waals surface area contributed by atoms with Gasteiger partial charge in [-0.15, -0.1) is 11.8 Å². The molecule has 1 fully saturated rings. The Balaban J connectivity index is 1.50. The molecule has 0 unspecified atom stereocenters. The summed E-state index contributed by atoms with van der Waals surface area (Å²) >= 11 is 1.63. The van der Waals surface area contributed by atoms with Gasteiger partial charge in [-0.1, -0.05) is 67.6 Å². The fourth-order valence-electron chi connectivity index (χ4n) is 3.87. The second kappa shape index (κ2) is 9.40. The summed E-state index contributed by atoms with van der Waals surface area (Å²) < 4.78 is 0. The Morgan fingerprint density at radius 2 is 1.77 bits per heavy atom. The van der Waals surface area contributed by atoms with Crippen molar-refractivity contribution in [3.05, 3.63) is 101 Å². The second-order valence-corrected chi connectivity index (χ2v) is 8.78. The summed E-state index contributed by atoms with van der Waals surface area (Å²) in [4.78, 5) is 27.2. The SMILES string of the molecule is CCc1cccc(C)c1NC(=O)c1ccc([C@H]2SCC(=O)N2Cc2ccccc2)cc1. The van der Waals surface area contributed by atoms with Crippen molar-refractivity contribution < 1.29 is 9.59 Å². The van der Waals surface area contributed by atoms with E-state index in [9.17, 15) is 9.59 Å². The number of carbonyl (C=O) groups excluding carboxylic acids is 2. The van der Waals surface area contributed by atoms with Crippen LogP contribution in [0, 0.1) is 6.92 Å². The van der Waals surface area contributed by atoms with E-state index in [0.717, 1.165) is 34.4 Å². The predicted molar refractivity (Wildman–Crippen MR) is 127 cm³/mol. The fraction of sp³-hybridized carbons (Fsp3) is 0.231. The summed E-state index contributed by atoms with van der Waals surface area (Å²) in [6, 6.07) is 23.7. The highest BCUT2D eigenvalue weighted by molar-refractivity contribution is 8.00. The zero-order chi connectivity index (χ0) is 21.8. The first-order chi connectivity index (χ1) is 15.1. The van der Waals surface area contributed by atoms with Gasteiger partial charge < -0.3 is 10.2 Å². The van der Waals surface area contributed by atoms with Crippen molar-refractivity contribution in [2.45, 2.75) is 32.2 Å². The molecule has 4 nitrogen and oxygen atoms in total. The van der Waals surface area contributed by atoms with Crippen molar-refractivity contribution in [2.24, 2.45) is 0 Å². The van der Waals surface area contributed by atoms with Crippen LogP contribution >= 0.6 is 11.8 Å². The predicted octanol–water partition coefficient (Wildman–Crippen LogP) is 5.58. The molecule has 0 spiro atoms. The van der Waals surface area contributed by atoms with E-state index in [2.05, 4.69) is 12.2 Å². The average molecular weight is 431 g/mol. The molecule has 5 heteroatoms. The van der Waals surface area contributed by atoms with Gasteiger partial charge in [0.1, 0.15) is 5.37 Å². The van der Waals surface area contributed by atoms with Gasteiger partial charge >= 0.3 is 0 Å². The van der Waals surface area contributed by atoms with Crippen molar-refractivity contribution in [1.82, 2.24) is 4.90 Å². The second-order valence-electron chi connectivity index (χ2n) is 7.71. The van der Waals surface area contributed by atoms with Gasteiger partial charge in [0.25, 0.3) is 5.91 Å². The lowest BCUT2D eigenvalue weighted by molar-refractivity contribution is -0.128.